The minimum absolute atomic E-state index is 0. The Labute approximate surface area is 172 Å². The van der Waals surface area contributed by atoms with Gasteiger partial charge in [0.2, 0.25) is 0 Å². The van der Waals surface area contributed by atoms with Gasteiger partial charge in [0.1, 0.15) is 12.2 Å². The number of guanidine groups is 1. The van der Waals surface area contributed by atoms with E-state index in [1.807, 2.05) is 12.1 Å². The zero-order valence-corrected chi connectivity index (χ0v) is 18.1. The van der Waals surface area contributed by atoms with E-state index in [0.29, 0.717) is 13.2 Å². The van der Waals surface area contributed by atoms with E-state index in [0.717, 1.165) is 37.8 Å². The fraction of sp³-hybridized carbons (Fsp3) is 0.500. The Morgan fingerprint density at radius 1 is 1.19 bits per heavy atom. The molecule has 0 fully saturated rings. The molecule has 0 spiro atoms. The SMILES string of the molecule is CCNC(=NCc1ccccc1COC)NCCn1cnnc1CC.I. The largest absolute Gasteiger partial charge is 0.380 e. The Morgan fingerprint density at radius 2 is 1.96 bits per heavy atom. The second kappa shape index (κ2) is 12.6. The van der Waals surface area contributed by atoms with Crippen molar-refractivity contribution in [1.29, 1.82) is 0 Å². The number of aryl methyl sites for hydroxylation is 1. The molecule has 144 valence electrons. The van der Waals surface area contributed by atoms with Crippen LogP contribution in [-0.4, -0.2) is 40.9 Å². The summed E-state index contributed by atoms with van der Waals surface area (Å²) in [6.45, 7) is 7.74. The van der Waals surface area contributed by atoms with Gasteiger partial charge >= 0.3 is 0 Å². The minimum atomic E-state index is 0. The van der Waals surface area contributed by atoms with Crippen molar-refractivity contribution in [2.75, 3.05) is 20.2 Å². The number of aromatic nitrogens is 3. The summed E-state index contributed by atoms with van der Waals surface area (Å²) in [7, 11) is 1.71. The van der Waals surface area contributed by atoms with Crippen molar-refractivity contribution in [3.63, 3.8) is 0 Å². The molecule has 0 aliphatic rings. The number of halogens is 1. The normalized spacial score (nSPS) is 11.1. The first-order valence-electron chi connectivity index (χ1n) is 8.73. The number of hydrogen-bond donors (Lipinski definition) is 2. The summed E-state index contributed by atoms with van der Waals surface area (Å²) in [6.07, 6.45) is 2.65. The van der Waals surface area contributed by atoms with Gasteiger partial charge in [0.05, 0.1) is 13.2 Å². The zero-order valence-electron chi connectivity index (χ0n) is 15.7. The van der Waals surface area contributed by atoms with Crippen molar-refractivity contribution in [2.24, 2.45) is 4.99 Å². The van der Waals surface area contributed by atoms with Gasteiger partial charge in [0.25, 0.3) is 0 Å². The van der Waals surface area contributed by atoms with Gasteiger partial charge < -0.3 is 19.9 Å². The summed E-state index contributed by atoms with van der Waals surface area (Å²) in [5.74, 6) is 1.80. The lowest BCUT2D eigenvalue weighted by atomic mass is 10.1. The summed E-state index contributed by atoms with van der Waals surface area (Å²) < 4.78 is 7.32. The third-order valence-corrected chi connectivity index (χ3v) is 3.83. The highest BCUT2D eigenvalue weighted by Crippen LogP contribution is 2.11. The standard InChI is InChI=1S/C18H28N6O.HI/c1-4-17-23-22-14-24(17)11-10-20-18(19-5-2)21-12-15-8-6-7-9-16(15)13-25-3;/h6-9,14H,4-5,10-13H2,1-3H3,(H2,19,20,21);1H. The van der Waals surface area contributed by atoms with E-state index >= 15 is 0 Å². The molecule has 2 rings (SSSR count). The molecule has 0 aliphatic carbocycles. The summed E-state index contributed by atoms with van der Waals surface area (Å²) in [6, 6.07) is 8.22. The highest BCUT2D eigenvalue weighted by Gasteiger charge is 2.04. The monoisotopic (exact) mass is 472 g/mol. The molecule has 1 aromatic heterocycles. The van der Waals surface area contributed by atoms with Crippen LogP contribution in [0.2, 0.25) is 0 Å². The average Bonchev–Trinajstić information content (AvgIpc) is 3.08. The molecule has 2 aromatic rings. The lowest BCUT2D eigenvalue weighted by Gasteiger charge is -2.13. The molecular formula is C18H29IN6O. The van der Waals surface area contributed by atoms with Gasteiger partial charge in [-0.3, -0.25) is 0 Å². The Balaban J connectivity index is 0.00000338. The first-order chi connectivity index (χ1) is 12.3. The molecule has 0 atom stereocenters. The van der Waals surface area contributed by atoms with Crippen molar-refractivity contribution in [1.82, 2.24) is 25.4 Å². The maximum Gasteiger partial charge on any atom is 0.191 e. The third kappa shape index (κ3) is 6.91. The second-order valence-corrected chi connectivity index (χ2v) is 5.62. The minimum Gasteiger partial charge on any atom is -0.380 e. The maximum absolute atomic E-state index is 5.26. The molecule has 0 saturated heterocycles. The first-order valence-corrected chi connectivity index (χ1v) is 8.73. The van der Waals surface area contributed by atoms with Crippen LogP contribution in [0.25, 0.3) is 0 Å². The Hall–Kier alpha value is -1.68. The molecule has 1 aromatic carbocycles. The lowest BCUT2D eigenvalue weighted by molar-refractivity contribution is 0.184. The van der Waals surface area contributed by atoms with Crippen LogP contribution in [0, 0.1) is 0 Å². The highest BCUT2D eigenvalue weighted by molar-refractivity contribution is 14.0. The average molecular weight is 472 g/mol. The summed E-state index contributed by atoms with van der Waals surface area (Å²) in [5.41, 5.74) is 2.34. The molecule has 0 radical (unpaired) electrons. The van der Waals surface area contributed by atoms with E-state index in [1.54, 1.807) is 13.4 Å². The molecular weight excluding hydrogens is 443 g/mol. The molecule has 0 bridgehead atoms. The van der Waals surface area contributed by atoms with Crippen molar-refractivity contribution in [3.05, 3.63) is 47.5 Å². The van der Waals surface area contributed by atoms with E-state index in [2.05, 4.69) is 56.4 Å². The zero-order chi connectivity index (χ0) is 17.9. The van der Waals surface area contributed by atoms with E-state index < -0.39 is 0 Å². The van der Waals surface area contributed by atoms with Crippen molar-refractivity contribution < 1.29 is 4.74 Å². The molecule has 7 nitrogen and oxygen atoms in total. The van der Waals surface area contributed by atoms with Gasteiger partial charge in [0.15, 0.2) is 5.96 Å². The Bertz CT molecular complexity index is 673. The predicted molar refractivity (Wildman–Crippen MR) is 115 cm³/mol. The fourth-order valence-corrected chi connectivity index (χ4v) is 2.55. The van der Waals surface area contributed by atoms with Crippen LogP contribution in [0.1, 0.15) is 30.8 Å². The highest BCUT2D eigenvalue weighted by atomic mass is 127. The van der Waals surface area contributed by atoms with E-state index in [9.17, 15) is 0 Å². The van der Waals surface area contributed by atoms with Crippen LogP contribution < -0.4 is 10.6 Å². The van der Waals surface area contributed by atoms with Gasteiger partial charge in [-0.05, 0) is 18.1 Å². The molecule has 2 N–H and O–H groups in total. The quantitative estimate of drug-likeness (QED) is 0.333. The van der Waals surface area contributed by atoms with E-state index in [4.69, 9.17) is 4.74 Å². The number of nitrogens with one attached hydrogen (secondary N) is 2. The predicted octanol–water partition coefficient (Wildman–Crippen LogP) is 2.36. The number of benzene rings is 1. The number of methoxy groups -OCH3 is 1. The Morgan fingerprint density at radius 3 is 2.65 bits per heavy atom. The molecule has 1 heterocycles. The van der Waals surface area contributed by atoms with Crippen molar-refractivity contribution >= 4 is 29.9 Å². The molecule has 8 heteroatoms. The van der Waals surface area contributed by atoms with Crippen LogP contribution in [0.4, 0.5) is 0 Å². The van der Waals surface area contributed by atoms with Crippen LogP contribution >= 0.6 is 24.0 Å². The summed E-state index contributed by atoms with van der Waals surface area (Å²) in [4.78, 5) is 4.69. The third-order valence-electron chi connectivity index (χ3n) is 3.83. The van der Waals surface area contributed by atoms with E-state index in [-0.39, 0.29) is 24.0 Å². The van der Waals surface area contributed by atoms with Crippen LogP contribution in [0.3, 0.4) is 0 Å². The molecule has 0 aliphatic heterocycles. The van der Waals surface area contributed by atoms with Gasteiger partial charge in [-0.25, -0.2) is 4.99 Å². The van der Waals surface area contributed by atoms with E-state index in [1.165, 1.54) is 11.1 Å². The number of nitrogens with zero attached hydrogens (tertiary/aromatic N) is 4. The molecule has 26 heavy (non-hydrogen) atoms. The number of rotatable bonds is 9. The van der Waals surface area contributed by atoms with Crippen molar-refractivity contribution in [2.45, 2.75) is 40.0 Å². The van der Waals surface area contributed by atoms with Gasteiger partial charge in [0, 0.05) is 33.2 Å². The fourth-order valence-electron chi connectivity index (χ4n) is 2.55. The van der Waals surface area contributed by atoms with Gasteiger partial charge in [-0.1, -0.05) is 31.2 Å². The van der Waals surface area contributed by atoms with Crippen molar-refractivity contribution in [3.8, 4) is 0 Å². The Kier molecular flexibility index (Phi) is 10.9. The molecule has 0 amide bonds. The summed E-state index contributed by atoms with van der Waals surface area (Å²) in [5, 5.41) is 14.7. The van der Waals surface area contributed by atoms with Gasteiger partial charge in [-0.2, -0.15) is 0 Å². The number of aliphatic imine (C=N–C) groups is 1. The van der Waals surface area contributed by atoms with Crippen LogP contribution in [-0.2, 0) is 30.9 Å². The second-order valence-electron chi connectivity index (χ2n) is 5.62. The first kappa shape index (κ1) is 22.4. The van der Waals surface area contributed by atoms with Crippen LogP contribution in [0.15, 0.2) is 35.6 Å². The maximum atomic E-state index is 5.26. The van der Waals surface area contributed by atoms with Crippen LogP contribution in [0.5, 0.6) is 0 Å². The summed E-state index contributed by atoms with van der Waals surface area (Å²) >= 11 is 0. The molecule has 0 saturated carbocycles. The van der Waals surface area contributed by atoms with Gasteiger partial charge in [-0.15, -0.1) is 34.2 Å². The number of hydrogen-bond acceptors (Lipinski definition) is 4. The number of ether oxygens (including phenoxy) is 1. The lowest BCUT2D eigenvalue weighted by Crippen LogP contribution is -2.39. The molecule has 0 unspecified atom stereocenters. The smallest absolute Gasteiger partial charge is 0.191 e. The topological polar surface area (TPSA) is 76.4 Å².